The van der Waals surface area contributed by atoms with Crippen LogP contribution in [0, 0.1) is 19.3 Å². The third-order valence-corrected chi connectivity index (χ3v) is 5.00. The zero-order valence-electron chi connectivity index (χ0n) is 13.1. The van der Waals surface area contributed by atoms with Crippen molar-refractivity contribution in [3.8, 4) is 0 Å². The highest BCUT2D eigenvalue weighted by atomic mass is 35.5. The molecule has 20 heavy (non-hydrogen) atoms. The molecule has 1 fully saturated rings. The number of rotatable bonds is 4. The quantitative estimate of drug-likeness (QED) is 0.573. The van der Waals surface area contributed by atoms with Gasteiger partial charge < -0.3 is 4.57 Å². The number of alkyl halides is 1. The van der Waals surface area contributed by atoms with E-state index in [4.69, 9.17) is 11.6 Å². The summed E-state index contributed by atoms with van der Waals surface area (Å²) in [4.78, 5) is 12.2. The van der Waals surface area contributed by atoms with Crippen LogP contribution in [0.4, 0.5) is 0 Å². The van der Waals surface area contributed by atoms with Crippen LogP contribution in [0.1, 0.15) is 67.7 Å². The van der Waals surface area contributed by atoms with Crippen molar-refractivity contribution >= 4 is 17.4 Å². The van der Waals surface area contributed by atoms with Gasteiger partial charge in [0.05, 0.1) is 5.38 Å². The predicted molar refractivity (Wildman–Crippen MR) is 84.7 cm³/mol. The average molecular weight is 296 g/mol. The van der Waals surface area contributed by atoms with Crippen LogP contribution in [0.25, 0.3) is 0 Å². The second-order valence-electron chi connectivity index (χ2n) is 6.72. The van der Waals surface area contributed by atoms with Gasteiger partial charge in [0.25, 0.3) is 0 Å². The maximum atomic E-state index is 12.2. The molecule has 0 aliphatic heterocycles. The molecule has 0 amide bonds. The summed E-state index contributed by atoms with van der Waals surface area (Å²) in [6.45, 7) is 9.30. The van der Waals surface area contributed by atoms with Gasteiger partial charge in [0.15, 0.2) is 5.78 Å². The predicted octanol–water partition coefficient (Wildman–Crippen LogP) is 4.89. The van der Waals surface area contributed by atoms with Gasteiger partial charge in [-0.1, -0.05) is 26.2 Å². The Labute approximate surface area is 127 Å². The molecule has 112 valence electrons. The van der Waals surface area contributed by atoms with Gasteiger partial charge in [-0.2, -0.15) is 0 Å². The lowest BCUT2D eigenvalue weighted by molar-refractivity contribution is 0.0990. The lowest BCUT2D eigenvalue weighted by Gasteiger charge is -2.35. The van der Waals surface area contributed by atoms with E-state index < -0.39 is 5.38 Å². The van der Waals surface area contributed by atoms with Gasteiger partial charge in [-0.05, 0) is 45.1 Å². The second kappa shape index (κ2) is 5.93. The number of Topliss-reactive ketones (excluding diaryl/α,β-unsaturated/α-hetero) is 1. The molecule has 1 aromatic heterocycles. The molecule has 0 saturated heterocycles. The fourth-order valence-electron chi connectivity index (χ4n) is 3.45. The summed E-state index contributed by atoms with van der Waals surface area (Å²) in [7, 11) is 0. The number of halogens is 1. The maximum absolute atomic E-state index is 12.2. The molecule has 0 radical (unpaired) electrons. The van der Waals surface area contributed by atoms with E-state index >= 15 is 0 Å². The monoisotopic (exact) mass is 295 g/mol. The Bertz CT molecular complexity index is 495. The van der Waals surface area contributed by atoms with Crippen molar-refractivity contribution in [2.24, 2.45) is 5.41 Å². The first-order valence-corrected chi connectivity index (χ1v) is 8.13. The number of carbonyl (C=O) groups excluding carboxylic acids is 1. The topological polar surface area (TPSA) is 22.0 Å². The summed E-state index contributed by atoms with van der Waals surface area (Å²) in [6.07, 6.45) is 6.62. The smallest absolute Gasteiger partial charge is 0.182 e. The van der Waals surface area contributed by atoms with Gasteiger partial charge in [0.2, 0.25) is 0 Å². The molecular weight excluding hydrogens is 270 g/mol. The minimum Gasteiger partial charge on any atom is -0.348 e. The number of hydrogen-bond acceptors (Lipinski definition) is 1. The van der Waals surface area contributed by atoms with E-state index in [0.29, 0.717) is 5.41 Å². The summed E-state index contributed by atoms with van der Waals surface area (Å²) >= 11 is 5.96. The van der Waals surface area contributed by atoms with Crippen molar-refractivity contribution in [3.63, 3.8) is 0 Å². The highest BCUT2D eigenvalue weighted by Gasteiger charge is 2.29. The Balaban J connectivity index is 2.26. The number of carbonyl (C=O) groups is 1. The van der Waals surface area contributed by atoms with E-state index in [1.807, 2.05) is 13.0 Å². The molecule has 3 heteroatoms. The molecule has 0 bridgehead atoms. The zero-order valence-corrected chi connectivity index (χ0v) is 13.9. The second-order valence-corrected chi connectivity index (χ2v) is 7.38. The molecule has 1 saturated carbocycles. The molecule has 0 spiro atoms. The largest absolute Gasteiger partial charge is 0.348 e. The van der Waals surface area contributed by atoms with E-state index in [1.165, 1.54) is 37.8 Å². The van der Waals surface area contributed by atoms with Gasteiger partial charge in [-0.25, -0.2) is 0 Å². The maximum Gasteiger partial charge on any atom is 0.182 e. The first-order valence-electron chi connectivity index (χ1n) is 7.69. The number of aryl methyl sites for hydroxylation is 1. The zero-order chi connectivity index (χ0) is 14.9. The summed E-state index contributed by atoms with van der Waals surface area (Å²) in [5.41, 5.74) is 3.42. The molecule has 0 N–H and O–H groups in total. The number of hydrogen-bond donors (Lipinski definition) is 0. The van der Waals surface area contributed by atoms with Crippen molar-refractivity contribution in [3.05, 3.63) is 23.0 Å². The summed E-state index contributed by atoms with van der Waals surface area (Å²) < 4.78 is 2.32. The van der Waals surface area contributed by atoms with Crippen LogP contribution in [0.3, 0.4) is 0 Å². The highest BCUT2D eigenvalue weighted by Crippen LogP contribution is 2.38. The number of nitrogens with zero attached hydrogens (tertiary/aromatic N) is 1. The molecule has 1 heterocycles. The van der Waals surface area contributed by atoms with Crippen LogP contribution >= 0.6 is 11.6 Å². The van der Waals surface area contributed by atoms with Crippen LogP contribution < -0.4 is 0 Å². The number of ketones is 1. The van der Waals surface area contributed by atoms with E-state index in [1.54, 1.807) is 6.92 Å². The molecule has 2 nitrogen and oxygen atoms in total. The molecule has 1 atom stereocenters. The Kier molecular flexibility index (Phi) is 4.63. The summed E-state index contributed by atoms with van der Waals surface area (Å²) in [5.74, 6) is 0.0415. The lowest BCUT2D eigenvalue weighted by atomic mass is 9.75. The van der Waals surface area contributed by atoms with Gasteiger partial charge in [-0.3, -0.25) is 4.79 Å². The van der Waals surface area contributed by atoms with Crippen molar-refractivity contribution in [1.82, 2.24) is 4.57 Å². The van der Waals surface area contributed by atoms with Crippen molar-refractivity contribution in [2.75, 3.05) is 0 Å². The number of aromatic nitrogens is 1. The molecule has 0 aromatic carbocycles. The summed E-state index contributed by atoms with van der Waals surface area (Å²) in [5, 5.41) is -0.450. The lowest BCUT2D eigenvalue weighted by Crippen LogP contribution is -2.27. The van der Waals surface area contributed by atoms with Gasteiger partial charge in [0.1, 0.15) is 0 Å². The van der Waals surface area contributed by atoms with Crippen molar-refractivity contribution in [1.29, 1.82) is 0 Å². The molecule has 1 aromatic rings. The standard InChI is InChI=1S/C17H26ClNO/c1-12-10-15(16(20)13(2)18)14(3)19(12)11-17(4)8-6-5-7-9-17/h10,13H,5-9,11H2,1-4H3. The highest BCUT2D eigenvalue weighted by molar-refractivity contribution is 6.33. The normalized spacial score (nSPS) is 19.9. The average Bonchev–Trinajstić information content (AvgIpc) is 2.66. The molecule has 1 aliphatic rings. The van der Waals surface area contributed by atoms with Crippen LogP contribution in [-0.4, -0.2) is 15.7 Å². The van der Waals surface area contributed by atoms with E-state index in [2.05, 4.69) is 18.4 Å². The van der Waals surface area contributed by atoms with E-state index in [0.717, 1.165) is 17.8 Å². The van der Waals surface area contributed by atoms with Gasteiger partial charge >= 0.3 is 0 Å². The Hall–Kier alpha value is -0.760. The third-order valence-electron chi connectivity index (χ3n) is 4.80. The minimum atomic E-state index is -0.450. The van der Waals surface area contributed by atoms with Crippen LogP contribution in [-0.2, 0) is 6.54 Å². The Morgan fingerprint density at radius 1 is 1.35 bits per heavy atom. The van der Waals surface area contributed by atoms with Crippen LogP contribution in [0.5, 0.6) is 0 Å². The van der Waals surface area contributed by atoms with Crippen LogP contribution in [0.2, 0.25) is 0 Å². The molecule has 2 rings (SSSR count). The summed E-state index contributed by atoms with van der Waals surface area (Å²) in [6, 6.07) is 2.00. The van der Waals surface area contributed by atoms with Crippen LogP contribution in [0.15, 0.2) is 6.07 Å². The Morgan fingerprint density at radius 2 is 1.95 bits per heavy atom. The van der Waals surface area contributed by atoms with Crippen molar-refractivity contribution < 1.29 is 4.79 Å². The Morgan fingerprint density at radius 3 is 2.50 bits per heavy atom. The first-order chi connectivity index (χ1) is 9.34. The molecular formula is C17H26ClNO. The fourth-order valence-corrected chi connectivity index (χ4v) is 3.57. The van der Waals surface area contributed by atoms with E-state index in [-0.39, 0.29) is 5.78 Å². The fraction of sp³-hybridized carbons (Fsp3) is 0.706. The SMILES string of the molecule is Cc1cc(C(=O)C(C)Cl)c(C)n1CC1(C)CCCCC1. The van der Waals surface area contributed by atoms with Crippen molar-refractivity contribution in [2.45, 2.75) is 71.7 Å². The first kappa shape index (κ1) is 15.6. The van der Waals surface area contributed by atoms with Gasteiger partial charge in [0, 0.05) is 23.5 Å². The molecule has 1 unspecified atom stereocenters. The molecule has 1 aliphatic carbocycles. The van der Waals surface area contributed by atoms with E-state index in [9.17, 15) is 4.79 Å². The minimum absolute atomic E-state index is 0.0415. The third kappa shape index (κ3) is 3.11. The van der Waals surface area contributed by atoms with Gasteiger partial charge in [-0.15, -0.1) is 11.6 Å².